The highest BCUT2D eigenvalue weighted by Gasteiger charge is 2.33. The fourth-order valence-electron chi connectivity index (χ4n) is 4.33. The molecule has 0 unspecified atom stereocenters. The maximum atomic E-state index is 14.1. The molecule has 1 N–H and O–H groups in total. The topological polar surface area (TPSA) is 148 Å². The molecule has 0 aliphatic carbocycles. The lowest BCUT2D eigenvalue weighted by molar-refractivity contribution is -0.385. The summed E-state index contributed by atoms with van der Waals surface area (Å²) in [6, 6.07) is 15.4. The molecule has 13 heteroatoms. The largest absolute Gasteiger partial charge is 0.497 e. The van der Waals surface area contributed by atoms with Crippen LogP contribution in [-0.2, 0) is 26.2 Å². The number of amides is 2. The molecule has 3 aromatic rings. The van der Waals surface area contributed by atoms with Crippen LogP contribution in [0.3, 0.4) is 0 Å². The van der Waals surface area contributed by atoms with Crippen molar-refractivity contribution in [2.45, 2.75) is 57.6 Å². The third-order valence-electron chi connectivity index (χ3n) is 7.28. The Labute approximate surface area is 257 Å². The number of nitrogens with zero attached hydrogens (tertiary/aromatic N) is 3. The molecule has 0 bridgehead atoms. The molecule has 236 valence electrons. The molecule has 0 spiro atoms. The van der Waals surface area contributed by atoms with E-state index in [4.69, 9.17) is 9.47 Å². The number of anilines is 1. The normalized spacial score (nSPS) is 12.5. The fraction of sp³-hybridized carbons (Fsp3) is 0.355. The number of hydrogen-bond donors (Lipinski definition) is 1. The van der Waals surface area contributed by atoms with Crippen LogP contribution in [-0.4, -0.2) is 62.9 Å². The number of carbonyl (C=O) groups is 2. The van der Waals surface area contributed by atoms with Crippen molar-refractivity contribution in [2.75, 3.05) is 25.1 Å². The molecule has 0 fully saturated rings. The van der Waals surface area contributed by atoms with E-state index in [9.17, 15) is 28.1 Å². The summed E-state index contributed by atoms with van der Waals surface area (Å²) in [6.07, 6.45) is 0.678. The van der Waals surface area contributed by atoms with Crippen molar-refractivity contribution in [2.24, 2.45) is 0 Å². The molecular formula is C31H38N4O8S. The highest BCUT2D eigenvalue weighted by molar-refractivity contribution is 7.92. The summed E-state index contributed by atoms with van der Waals surface area (Å²) in [4.78, 5) is 39.2. The zero-order valence-corrected chi connectivity index (χ0v) is 26.5. The van der Waals surface area contributed by atoms with Gasteiger partial charge in [0.2, 0.25) is 11.8 Å². The van der Waals surface area contributed by atoms with E-state index >= 15 is 0 Å². The van der Waals surface area contributed by atoms with E-state index in [1.165, 1.54) is 62.4 Å². The zero-order chi connectivity index (χ0) is 32.6. The van der Waals surface area contributed by atoms with E-state index in [1.807, 2.05) is 13.8 Å². The quantitative estimate of drug-likeness (QED) is 0.204. The summed E-state index contributed by atoms with van der Waals surface area (Å²) in [5.41, 5.74) is 0.732. The summed E-state index contributed by atoms with van der Waals surface area (Å²) < 4.78 is 39.4. The maximum Gasteiger partial charge on any atom is 0.273 e. The van der Waals surface area contributed by atoms with Crippen LogP contribution in [0.2, 0.25) is 0 Å². The van der Waals surface area contributed by atoms with Crippen LogP contribution in [0.5, 0.6) is 11.5 Å². The number of carbonyl (C=O) groups excluding carboxylic acids is 2. The monoisotopic (exact) mass is 626 g/mol. The molecule has 0 radical (unpaired) electrons. The highest BCUT2D eigenvalue weighted by atomic mass is 32.2. The van der Waals surface area contributed by atoms with Crippen molar-refractivity contribution >= 4 is 33.2 Å². The summed E-state index contributed by atoms with van der Waals surface area (Å²) in [5, 5.41) is 14.5. The average Bonchev–Trinajstić information content (AvgIpc) is 3.02. The lowest BCUT2D eigenvalue weighted by atomic mass is 10.1. The Hall–Kier alpha value is -4.65. The van der Waals surface area contributed by atoms with Crippen LogP contribution in [0, 0.1) is 17.0 Å². The van der Waals surface area contributed by atoms with Crippen molar-refractivity contribution in [1.29, 1.82) is 0 Å². The molecule has 0 saturated heterocycles. The van der Waals surface area contributed by atoms with Crippen LogP contribution in [0.15, 0.2) is 71.6 Å². The predicted octanol–water partition coefficient (Wildman–Crippen LogP) is 4.45. The van der Waals surface area contributed by atoms with Crippen LogP contribution < -0.4 is 19.1 Å². The van der Waals surface area contributed by atoms with Crippen molar-refractivity contribution < 1.29 is 32.4 Å². The Bertz CT molecular complexity index is 1580. The predicted molar refractivity (Wildman–Crippen MR) is 166 cm³/mol. The maximum absolute atomic E-state index is 14.1. The number of hydrogen-bond acceptors (Lipinski definition) is 8. The van der Waals surface area contributed by atoms with Crippen molar-refractivity contribution in [1.82, 2.24) is 10.2 Å². The lowest BCUT2D eigenvalue weighted by Gasteiger charge is -2.32. The van der Waals surface area contributed by atoms with Gasteiger partial charge >= 0.3 is 0 Å². The minimum absolute atomic E-state index is 0.00439. The van der Waals surface area contributed by atoms with Gasteiger partial charge in [-0.15, -0.1) is 0 Å². The molecule has 0 aromatic heterocycles. The van der Waals surface area contributed by atoms with Gasteiger partial charge in [-0.25, -0.2) is 8.42 Å². The van der Waals surface area contributed by atoms with E-state index in [-0.39, 0.29) is 34.4 Å². The molecular weight excluding hydrogens is 588 g/mol. The second kappa shape index (κ2) is 14.7. The van der Waals surface area contributed by atoms with E-state index in [2.05, 4.69) is 5.32 Å². The van der Waals surface area contributed by atoms with E-state index < -0.39 is 39.3 Å². The highest BCUT2D eigenvalue weighted by Crippen LogP contribution is 2.29. The molecule has 12 nitrogen and oxygen atoms in total. The molecule has 0 saturated carbocycles. The van der Waals surface area contributed by atoms with E-state index in [0.717, 1.165) is 10.4 Å². The number of methoxy groups -OCH3 is 2. The van der Waals surface area contributed by atoms with Gasteiger partial charge in [0.05, 0.1) is 29.7 Å². The third kappa shape index (κ3) is 8.04. The number of benzene rings is 3. The Balaban J connectivity index is 2.08. The van der Waals surface area contributed by atoms with E-state index in [0.29, 0.717) is 23.5 Å². The number of sulfonamides is 1. The Morgan fingerprint density at radius 2 is 1.52 bits per heavy atom. The summed E-state index contributed by atoms with van der Waals surface area (Å²) in [7, 11) is -1.51. The van der Waals surface area contributed by atoms with Crippen molar-refractivity contribution in [3.05, 3.63) is 88.0 Å². The molecule has 0 aliphatic rings. The number of nitro benzene ring substituents is 1. The van der Waals surface area contributed by atoms with Gasteiger partial charge in [-0.3, -0.25) is 24.0 Å². The van der Waals surface area contributed by atoms with Crippen LogP contribution in [0.1, 0.15) is 38.3 Å². The minimum Gasteiger partial charge on any atom is -0.497 e. The first-order valence-electron chi connectivity index (χ1n) is 14.0. The summed E-state index contributed by atoms with van der Waals surface area (Å²) in [5.74, 6) is 0.0147. The van der Waals surface area contributed by atoms with Gasteiger partial charge in [0.1, 0.15) is 24.1 Å². The van der Waals surface area contributed by atoms with Crippen LogP contribution in [0.4, 0.5) is 11.4 Å². The lowest BCUT2D eigenvalue weighted by Crippen LogP contribution is -2.52. The molecule has 3 rings (SSSR count). The first-order valence-corrected chi connectivity index (χ1v) is 15.4. The molecule has 44 heavy (non-hydrogen) atoms. The number of aryl methyl sites for hydroxylation is 1. The van der Waals surface area contributed by atoms with Gasteiger partial charge in [0.15, 0.2) is 0 Å². The fourth-order valence-corrected chi connectivity index (χ4v) is 5.76. The number of nitro groups is 1. The van der Waals surface area contributed by atoms with Crippen LogP contribution in [0.25, 0.3) is 0 Å². The van der Waals surface area contributed by atoms with Gasteiger partial charge in [0, 0.05) is 24.2 Å². The Morgan fingerprint density at radius 1 is 0.955 bits per heavy atom. The zero-order valence-electron chi connectivity index (χ0n) is 25.6. The van der Waals surface area contributed by atoms with Gasteiger partial charge in [-0.2, -0.15) is 0 Å². The van der Waals surface area contributed by atoms with E-state index in [1.54, 1.807) is 31.2 Å². The van der Waals surface area contributed by atoms with Gasteiger partial charge in [0.25, 0.3) is 15.7 Å². The van der Waals surface area contributed by atoms with Gasteiger partial charge in [-0.1, -0.05) is 25.1 Å². The smallest absolute Gasteiger partial charge is 0.273 e. The summed E-state index contributed by atoms with van der Waals surface area (Å²) in [6.45, 7) is 6.16. The second-order valence-corrected chi connectivity index (χ2v) is 12.1. The minimum atomic E-state index is -4.50. The van der Waals surface area contributed by atoms with Crippen molar-refractivity contribution in [3.63, 3.8) is 0 Å². The molecule has 2 atom stereocenters. The number of rotatable bonds is 14. The molecule has 3 aromatic carbocycles. The number of ether oxygens (including phenoxy) is 2. The standard InChI is InChI=1S/C31H38N4O8S/c1-7-22(3)32-31(37)23(4)33(19-24-9-13-26(42-5)14-10-24)30(36)20-34(25-11-15-27(43-6)16-12-25)44(40,41)28-17-8-21(2)29(18-28)35(38)39/h8-18,22-23H,7,19-20H2,1-6H3,(H,32,37)/t22-,23-/m0/s1. The Morgan fingerprint density at radius 3 is 2.05 bits per heavy atom. The Kier molecular flexibility index (Phi) is 11.3. The molecule has 0 heterocycles. The van der Waals surface area contributed by atoms with Crippen molar-refractivity contribution in [3.8, 4) is 11.5 Å². The summed E-state index contributed by atoms with van der Waals surface area (Å²) >= 11 is 0. The molecule has 2 amide bonds. The first-order chi connectivity index (χ1) is 20.8. The second-order valence-electron chi connectivity index (χ2n) is 10.3. The average molecular weight is 627 g/mol. The third-order valence-corrected chi connectivity index (χ3v) is 9.05. The van der Waals surface area contributed by atoms with Gasteiger partial charge in [-0.05, 0) is 75.2 Å². The van der Waals surface area contributed by atoms with Gasteiger partial charge < -0.3 is 19.7 Å². The first kappa shape index (κ1) is 33.8. The molecule has 0 aliphatic heterocycles. The number of nitrogens with one attached hydrogen (secondary N) is 1. The van der Waals surface area contributed by atoms with Crippen LogP contribution >= 0.6 is 0 Å². The SMILES string of the molecule is CC[C@H](C)NC(=O)[C@H](C)N(Cc1ccc(OC)cc1)C(=O)CN(c1ccc(OC)cc1)S(=O)(=O)c1ccc(C)c([N+](=O)[O-])c1.